The van der Waals surface area contributed by atoms with Crippen molar-refractivity contribution in [3.63, 3.8) is 0 Å². The van der Waals surface area contributed by atoms with E-state index in [2.05, 4.69) is 10.5 Å². The van der Waals surface area contributed by atoms with Crippen LogP contribution >= 0.6 is 0 Å². The first kappa shape index (κ1) is 23.6. The van der Waals surface area contributed by atoms with E-state index in [1.165, 1.54) is 0 Å². The van der Waals surface area contributed by atoms with Gasteiger partial charge in [0.05, 0.1) is 13.1 Å². The number of aryl methyl sites for hydroxylation is 1. The van der Waals surface area contributed by atoms with E-state index < -0.39 is 11.6 Å². The van der Waals surface area contributed by atoms with Gasteiger partial charge >= 0.3 is 5.97 Å². The van der Waals surface area contributed by atoms with Crippen molar-refractivity contribution in [3.05, 3.63) is 82.6 Å². The Kier molecular flexibility index (Phi) is 5.73. The highest BCUT2D eigenvalue weighted by molar-refractivity contribution is 5.92. The second-order valence-corrected chi connectivity index (χ2v) is 10.5. The van der Waals surface area contributed by atoms with Crippen molar-refractivity contribution in [3.8, 4) is 0 Å². The minimum Gasteiger partial charge on any atom is -0.453 e. The van der Waals surface area contributed by atoms with E-state index in [4.69, 9.17) is 9.26 Å². The zero-order chi connectivity index (χ0) is 25.6. The molecule has 7 rings (SSSR count). The van der Waals surface area contributed by atoms with Crippen LogP contribution in [0.15, 0.2) is 59.1 Å². The molecule has 3 saturated heterocycles. The number of quaternary nitrogens is 1. The van der Waals surface area contributed by atoms with Crippen LogP contribution in [0.2, 0.25) is 0 Å². The van der Waals surface area contributed by atoms with E-state index in [1.54, 1.807) is 25.1 Å². The molecule has 2 N–H and O–H groups in total. The van der Waals surface area contributed by atoms with Crippen LogP contribution in [0, 0.1) is 12.8 Å². The summed E-state index contributed by atoms with van der Waals surface area (Å²) in [4.78, 5) is 26.8. The number of nitrogens with zero attached hydrogens (tertiary/aromatic N) is 2. The number of hydrogen-bond donors (Lipinski definition) is 2. The summed E-state index contributed by atoms with van der Waals surface area (Å²) in [6, 6.07) is 16.4. The lowest BCUT2D eigenvalue weighted by Gasteiger charge is -2.51. The second kappa shape index (κ2) is 8.97. The van der Waals surface area contributed by atoms with Crippen LogP contribution < -0.4 is 5.32 Å². The number of aliphatic hydroxyl groups is 1. The molecule has 8 heteroatoms. The largest absolute Gasteiger partial charge is 0.453 e. The summed E-state index contributed by atoms with van der Waals surface area (Å²) < 4.78 is 11.8. The second-order valence-electron chi connectivity index (χ2n) is 10.5. The third-order valence-corrected chi connectivity index (χ3v) is 8.11. The zero-order valence-corrected chi connectivity index (χ0v) is 20.7. The van der Waals surface area contributed by atoms with Gasteiger partial charge in [-0.05, 0) is 18.1 Å². The summed E-state index contributed by atoms with van der Waals surface area (Å²) in [6.07, 6.45) is 5.19. The van der Waals surface area contributed by atoms with E-state index in [0.717, 1.165) is 37.1 Å². The van der Waals surface area contributed by atoms with E-state index in [0.29, 0.717) is 33.7 Å². The van der Waals surface area contributed by atoms with Crippen LogP contribution in [0.25, 0.3) is 12.2 Å². The topological polar surface area (TPSA) is 102 Å². The highest BCUT2D eigenvalue weighted by Gasteiger charge is 2.52. The molecule has 37 heavy (non-hydrogen) atoms. The number of benzene rings is 2. The Morgan fingerprint density at radius 2 is 1.70 bits per heavy atom. The molecular weight excluding hydrogens is 470 g/mol. The van der Waals surface area contributed by atoms with Gasteiger partial charge in [-0.25, -0.2) is 4.79 Å². The molecule has 3 aromatic rings. The number of carbonyl (C=O) groups excluding carboxylic acids is 2. The Hall–Kier alpha value is -3.75. The number of rotatable bonds is 5. The SMILES string of the molecule is Cc1cc(NC(=O)C[N+]23CCC(CC2)[C@@H](OC(=O)C2(O)c4ccccc4C=Cc4ccccc42)C3)no1. The van der Waals surface area contributed by atoms with Crippen LogP contribution in [0.5, 0.6) is 0 Å². The standard InChI is InChI=1S/C29H29N3O5/c1-19-16-26(31-37-19)30-27(33)18-32-14-12-22(13-15-32)25(17-32)36-28(34)29(35)23-8-4-2-6-20(23)10-11-21-7-3-5-9-24(21)29/h2-11,16,22,25,35H,12-15,17-18H2,1H3/p+1/t22?,25-,32?/m0/s1. The van der Waals surface area contributed by atoms with Gasteiger partial charge in [0, 0.05) is 36.0 Å². The summed E-state index contributed by atoms with van der Waals surface area (Å²) >= 11 is 0. The van der Waals surface area contributed by atoms with Crippen molar-refractivity contribution in [2.24, 2.45) is 5.92 Å². The molecule has 3 fully saturated rings. The number of hydrogen-bond acceptors (Lipinski definition) is 6. The quantitative estimate of drug-likeness (QED) is 0.411. The summed E-state index contributed by atoms with van der Waals surface area (Å²) in [7, 11) is 0. The zero-order valence-electron chi connectivity index (χ0n) is 20.7. The third kappa shape index (κ3) is 4.16. The molecule has 1 amide bonds. The van der Waals surface area contributed by atoms with Gasteiger partial charge in [0.15, 0.2) is 18.5 Å². The predicted molar refractivity (Wildman–Crippen MR) is 137 cm³/mol. The highest BCUT2D eigenvalue weighted by atomic mass is 16.6. The average Bonchev–Trinajstić information content (AvgIpc) is 3.25. The maximum Gasteiger partial charge on any atom is 0.348 e. The smallest absolute Gasteiger partial charge is 0.348 e. The lowest BCUT2D eigenvalue weighted by molar-refractivity contribution is -0.939. The van der Waals surface area contributed by atoms with Crippen LogP contribution in [0.3, 0.4) is 0 Å². The summed E-state index contributed by atoms with van der Waals surface area (Å²) in [5, 5.41) is 18.8. The van der Waals surface area contributed by atoms with Crippen LogP contribution in [0.1, 0.15) is 40.9 Å². The molecule has 1 aromatic heterocycles. The molecule has 190 valence electrons. The molecule has 8 nitrogen and oxygen atoms in total. The van der Waals surface area contributed by atoms with E-state index >= 15 is 0 Å². The number of carbonyl (C=O) groups is 2. The lowest BCUT2D eigenvalue weighted by Crippen LogP contribution is -2.66. The molecular formula is C29H30N3O5+. The van der Waals surface area contributed by atoms with E-state index in [-0.39, 0.29) is 24.5 Å². The Morgan fingerprint density at radius 3 is 2.30 bits per heavy atom. The number of ether oxygens (including phenoxy) is 1. The molecule has 0 radical (unpaired) electrons. The number of anilines is 1. The van der Waals surface area contributed by atoms with Gasteiger partial charge in [0.25, 0.3) is 5.91 Å². The average molecular weight is 501 g/mol. The minimum absolute atomic E-state index is 0.143. The molecule has 2 bridgehead atoms. The fourth-order valence-electron chi connectivity index (χ4n) is 6.20. The normalized spacial score (nSPS) is 25.0. The number of nitrogens with one attached hydrogen (secondary N) is 1. The molecule has 1 aliphatic carbocycles. The maximum atomic E-state index is 13.9. The van der Waals surface area contributed by atoms with Crippen LogP contribution in [-0.2, 0) is 19.9 Å². The van der Waals surface area contributed by atoms with Gasteiger partial charge in [-0.2, -0.15) is 0 Å². The first-order valence-electron chi connectivity index (χ1n) is 12.8. The Bertz CT molecular complexity index is 1340. The van der Waals surface area contributed by atoms with Gasteiger partial charge in [-0.15, -0.1) is 0 Å². The molecule has 0 unspecified atom stereocenters. The fraction of sp³-hybridized carbons (Fsp3) is 0.345. The summed E-state index contributed by atoms with van der Waals surface area (Å²) in [5.41, 5.74) is 0.628. The molecule has 4 heterocycles. The first-order valence-corrected chi connectivity index (χ1v) is 12.8. The molecule has 2 aromatic carbocycles. The van der Waals surface area contributed by atoms with Crippen molar-refractivity contribution in [2.75, 3.05) is 31.5 Å². The van der Waals surface area contributed by atoms with Gasteiger partial charge in [0.2, 0.25) is 5.60 Å². The van der Waals surface area contributed by atoms with Crippen molar-refractivity contribution < 1.29 is 28.4 Å². The van der Waals surface area contributed by atoms with Crippen molar-refractivity contribution in [1.82, 2.24) is 5.16 Å². The number of fused-ring (bicyclic) bond motifs is 5. The van der Waals surface area contributed by atoms with Crippen LogP contribution in [-0.4, -0.2) is 58.9 Å². The van der Waals surface area contributed by atoms with Crippen molar-refractivity contribution in [1.29, 1.82) is 0 Å². The molecule has 1 atom stereocenters. The number of piperidine rings is 3. The minimum atomic E-state index is -1.93. The van der Waals surface area contributed by atoms with E-state index in [9.17, 15) is 14.7 Å². The van der Waals surface area contributed by atoms with Crippen molar-refractivity contribution >= 4 is 29.8 Å². The number of amides is 1. The Balaban J connectivity index is 1.25. The first-order chi connectivity index (χ1) is 17.9. The van der Waals surface area contributed by atoms with Crippen LogP contribution in [0.4, 0.5) is 5.82 Å². The summed E-state index contributed by atoms with van der Waals surface area (Å²) in [6.45, 7) is 4.29. The lowest BCUT2D eigenvalue weighted by atomic mass is 9.81. The van der Waals surface area contributed by atoms with Gasteiger partial charge in [0.1, 0.15) is 12.3 Å². The van der Waals surface area contributed by atoms with Crippen molar-refractivity contribution in [2.45, 2.75) is 31.5 Å². The highest BCUT2D eigenvalue weighted by Crippen LogP contribution is 2.41. The summed E-state index contributed by atoms with van der Waals surface area (Å²) in [5.74, 6) is 0.425. The molecule has 0 spiro atoms. The molecule has 4 aliphatic rings. The Labute approximate surface area is 215 Å². The van der Waals surface area contributed by atoms with E-state index in [1.807, 2.05) is 48.6 Å². The van der Waals surface area contributed by atoms with Gasteiger partial charge < -0.3 is 24.2 Å². The number of esters is 1. The molecule has 0 saturated carbocycles. The van der Waals surface area contributed by atoms with Gasteiger partial charge in [-0.1, -0.05) is 65.8 Å². The third-order valence-electron chi connectivity index (χ3n) is 8.11. The maximum absolute atomic E-state index is 13.9. The predicted octanol–water partition coefficient (Wildman–Crippen LogP) is 3.49. The number of aromatic nitrogens is 1. The van der Waals surface area contributed by atoms with Gasteiger partial charge in [-0.3, -0.25) is 4.79 Å². The Morgan fingerprint density at radius 1 is 1.08 bits per heavy atom. The molecule has 3 aliphatic heterocycles. The fourth-order valence-corrected chi connectivity index (χ4v) is 6.20. The monoisotopic (exact) mass is 500 g/mol.